The van der Waals surface area contributed by atoms with Crippen LogP contribution in [0.3, 0.4) is 0 Å². The first-order valence-electron chi connectivity index (χ1n) is 7.68. The van der Waals surface area contributed by atoms with Gasteiger partial charge in [0.15, 0.2) is 0 Å². The molecule has 2 rings (SSSR count). The van der Waals surface area contributed by atoms with Gasteiger partial charge in [0, 0.05) is 24.4 Å². The van der Waals surface area contributed by atoms with Crippen LogP contribution < -0.4 is 20.1 Å². The molecular formula is C17H22N2O6. The maximum Gasteiger partial charge on any atom is 0.338 e. The van der Waals surface area contributed by atoms with Crippen LogP contribution in [0.15, 0.2) is 29.5 Å². The van der Waals surface area contributed by atoms with E-state index in [4.69, 9.17) is 18.9 Å². The van der Waals surface area contributed by atoms with Crippen molar-refractivity contribution in [3.8, 4) is 11.5 Å². The van der Waals surface area contributed by atoms with Crippen LogP contribution in [0.25, 0.3) is 0 Å². The van der Waals surface area contributed by atoms with E-state index in [1.165, 1.54) is 14.2 Å². The molecule has 1 aliphatic heterocycles. The average Bonchev–Trinajstić information content (AvgIpc) is 2.60. The summed E-state index contributed by atoms with van der Waals surface area (Å²) in [7, 11) is 4.57. The lowest BCUT2D eigenvalue weighted by Crippen LogP contribution is -2.45. The molecule has 1 aromatic rings. The molecule has 0 aliphatic carbocycles. The maximum absolute atomic E-state index is 12.5. The van der Waals surface area contributed by atoms with Crippen molar-refractivity contribution in [1.82, 2.24) is 10.6 Å². The molecule has 0 saturated heterocycles. The highest BCUT2D eigenvalue weighted by molar-refractivity contribution is 5.95. The summed E-state index contributed by atoms with van der Waals surface area (Å²) in [5.74, 6) is 0.553. The van der Waals surface area contributed by atoms with E-state index >= 15 is 0 Å². The Morgan fingerprint density at radius 2 is 1.92 bits per heavy atom. The first-order valence-corrected chi connectivity index (χ1v) is 7.68. The highest BCUT2D eigenvalue weighted by atomic mass is 16.6. The van der Waals surface area contributed by atoms with E-state index in [0.717, 1.165) is 0 Å². The first kappa shape index (κ1) is 18.6. The summed E-state index contributed by atoms with van der Waals surface area (Å²) in [5, 5.41) is 5.33. The van der Waals surface area contributed by atoms with Gasteiger partial charge in [0.1, 0.15) is 18.1 Å². The molecular weight excluding hydrogens is 328 g/mol. The summed E-state index contributed by atoms with van der Waals surface area (Å²) in [6, 6.07) is 4.05. The van der Waals surface area contributed by atoms with Crippen molar-refractivity contribution in [2.75, 3.05) is 34.5 Å². The van der Waals surface area contributed by atoms with Gasteiger partial charge >= 0.3 is 12.0 Å². The fourth-order valence-corrected chi connectivity index (χ4v) is 2.55. The Hall–Kier alpha value is -2.74. The van der Waals surface area contributed by atoms with Crippen molar-refractivity contribution in [3.05, 3.63) is 35.0 Å². The second kappa shape index (κ2) is 8.39. The number of nitrogens with one attached hydrogen (secondary N) is 2. The van der Waals surface area contributed by atoms with Crippen LogP contribution in [0.2, 0.25) is 0 Å². The van der Waals surface area contributed by atoms with Gasteiger partial charge in [-0.25, -0.2) is 9.59 Å². The van der Waals surface area contributed by atoms with Gasteiger partial charge in [0.25, 0.3) is 0 Å². The largest absolute Gasteiger partial charge is 0.497 e. The molecule has 0 radical (unpaired) electrons. The van der Waals surface area contributed by atoms with Crippen molar-refractivity contribution in [2.45, 2.75) is 13.0 Å². The summed E-state index contributed by atoms with van der Waals surface area (Å²) in [5.41, 5.74) is 1.35. The van der Waals surface area contributed by atoms with E-state index in [1.807, 2.05) is 0 Å². The third-order valence-electron chi connectivity index (χ3n) is 3.76. The van der Waals surface area contributed by atoms with E-state index in [1.54, 1.807) is 32.2 Å². The predicted molar refractivity (Wildman–Crippen MR) is 89.5 cm³/mol. The van der Waals surface area contributed by atoms with E-state index < -0.39 is 18.0 Å². The van der Waals surface area contributed by atoms with Gasteiger partial charge in [0.2, 0.25) is 0 Å². The van der Waals surface area contributed by atoms with Crippen LogP contribution in [0.4, 0.5) is 4.79 Å². The lowest BCUT2D eigenvalue weighted by molar-refractivity contribution is -0.140. The Bertz CT molecular complexity index is 686. The molecule has 2 amide bonds. The highest BCUT2D eigenvalue weighted by Gasteiger charge is 2.34. The Balaban J connectivity index is 2.40. The molecule has 0 spiro atoms. The van der Waals surface area contributed by atoms with Crippen molar-refractivity contribution in [3.63, 3.8) is 0 Å². The maximum atomic E-state index is 12.5. The Morgan fingerprint density at radius 1 is 1.16 bits per heavy atom. The van der Waals surface area contributed by atoms with Crippen LogP contribution in [0.1, 0.15) is 18.5 Å². The monoisotopic (exact) mass is 350 g/mol. The summed E-state index contributed by atoms with van der Waals surface area (Å²) in [4.78, 5) is 24.4. The normalized spacial score (nSPS) is 16.8. The molecule has 8 heteroatoms. The fourth-order valence-electron chi connectivity index (χ4n) is 2.55. The van der Waals surface area contributed by atoms with Crippen LogP contribution in [0.5, 0.6) is 11.5 Å². The lowest BCUT2D eigenvalue weighted by atomic mass is 9.94. The van der Waals surface area contributed by atoms with Gasteiger partial charge in [0.05, 0.1) is 32.4 Å². The minimum atomic E-state index is -0.704. The van der Waals surface area contributed by atoms with Gasteiger partial charge in [-0.15, -0.1) is 0 Å². The zero-order valence-corrected chi connectivity index (χ0v) is 14.7. The zero-order chi connectivity index (χ0) is 18.4. The summed E-state index contributed by atoms with van der Waals surface area (Å²) in [6.07, 6.45) is 0. The number of amides is 2. The van der Waals surface area contributed by atoms with Crippen molar-refractivity contribution in [2.24, 2.45) is 0 Å². The van der Waals surface area contributed by atoms with Crippen LogP contribution in [-0.2, 0) is 14.3 Å². The number of allylic oxidation sites excluding steroid dienone is 1. The summed E-state index contributed by atoms with van der Waals surface area (Å²) < 4.78 is 20.7. The van der Waals surface area contributed by atoms with Crippen molar-refractivity contribution < 1.29 is 28.5 Å². The molecule has 1 aromatic carbocycles. The summed E-state index contributed by atoms with van der Waals surface area (Å²) in [6.45, 7) is 2.05. The number of esters is 1. The zero-order valence-electron chi connectivity index (χ0n) is 14.7. The molecule has 0 unspecified atom stereocenters. The third-order valence-corrected chi connectivity index (χ3v) is 3.76. The minimum Gasteiger partial charge on any atom is -0.497 e. The molecule has 0 saturated carbocycles. The molecule has 136 valence electrons. The topological polar surface area (TPSA) is 95.1 Å². The number of benzene rings is 1. The van der Waals surface area contributed by atoms with Gasteiger partial charge in [-0.2, -0.15) is 0 Å². The number of rotatable bonds is 7. The smallest absolute Gasteiger partial charge is 0.338 e. The Kier molecular flexibility index (Phi) is 6.24. The Labute approximate surface area is 146 Å². The number of carbonyl (C=O) groups excluding carboxylic acids is 2. The third kappa shape index (κ3) is 4.21. The van der Waals surface area contributed by atoms with E-state index in [2.05, 4.69) is 10.6 Å². The van der Waals surface area contributed by atoms with Crippen LogP contribution in [-0.4, -0.2) is 46.5 Å². The van der Waals surface area contributed by atoms with Crippen LogP contribution in [0, 0.1) is 0 Å². The average molecular weight is 350 g/mol. The summed E-state index contributed by atoms with van der Waals surface area (Å²) >= 11 is 0. The molecule has 0 aromatic heterocycles. The van der Waals surface area contributed by atoms with Gasteiger partial charge < -0.3 is 29.6 Å². The second-order valence-corrected chi connectivity index (χ2v) is 5.31. The molecule has 1 aliphatic rings. The molecule has 0 fully saturated rings. The number of methoxy groups -OCH3 is 3. The Morgan fingerprint density at radius 3 is 2.56 bits per heavy atom. The lowest BCUT2D eigenvalue weighted by Gasteiger charge is -2.29. The number of urea groups is 1. The second-order valence-electron chi connectivity index (χ2n) is 5.31. The van der Waals surface area contributed by atoms with E-state index in [9.17, 15) is 9.59 Å². The molecule has 2 N–H and O–H groups in total. The minimum absolute atomic E-state index is 0.118. The number of ether oxygens (including phenoxy) is 4. The first-order chi connectivity index (χ1) is 12.0. The van der Waals surface area contributed by atoms with E-state index in [0.29, 0.717) is 28.3 Å². The van der Waals surface area contributed by atoms with Crippen molar-refractivity contribution in [1.29, 1.82) is 0 Å². The molecule has 25 heavy (non-hydrogen) atoms. The molecule has 1 heterocycles. The highest BCUT2D eigenvalue weighted by Crippen LogP contribution is 2.35. The van der Waals surface area contributed by atoms with Crippen molar-refractivity contribution >= 4 is 12.0 Å². The van der Waals surface area contributed by atoms with Gasteiger partial charge in [-0.05, 0) is 19.1 Å². The number of carbonyl (C=O) groups is 2. The fraction of sp³-hybridized carbons (Fsp3) is 0.412. The van der Waals surface area contributed by atoms with E-state index in [-0.39, 0.29) is 13.2 Å². The molecule has 8 nitrogen and oxygen atoms in total. The van der Waals surface area contributed by atoms with Gasteiger partial charge in [-0.1, -0.05) is 0 Å². The molecule has 1 atom stereocenters. The standard InChI is InChI=1S/C17H22N2O6/c1-10-14(16(20)25-8-7-22-2)15(19-17(21)18-10)12-6-5-11(23-3)9-13(12)24-4/h5-6,9,15H,7-8H2,1-4H3,(H2,18,19,21)/t15-/m1/s1. The SMILES string of the molecule is COCCOC(=O)C1=C(C)NC(=O)N[C@@H]1c1ccc(OC)cc1OC. The quantitative estimate of drug-likeness (QED) is 0.572. The van der Waals surface area contributed by atoms with Crippen LogP contribution >= 0.6 is 0 Å². The molecule has 0 bridgehead atoms. The predicted octanol–water partition coefficient (Wildman–Crippen LogP) is 1.52. The van der Waals surface area contributed by atoms with Gasteiger partial charge in [-0.3, -0.25) is 0 Å². The number of hydrogen-bond donors (Lipinski definition) is 2. The number of hydrogen-bond acceptors (Lipinski definition) is 6.